The Bertz CT molecular complexity index is 814. The maximum absolute atomic E-state index is 14.1. The minimum atomic E-state index is -0.405. The van der Waals surface area contributed by atoms with E-state index in [2.05, 4.69) is 9.88 Å². The molecule has 1 amide bonds. The number of hydrogen-bond acceptors (Lipinski definition) is 3. The van der Waals surface area contributed by atoms with Crippen molar-refractivity contribution < 1.29 is 13.6 Å². The van der Waals surface area contributed by atoms with E-state index in [1.165, 1.54) is 12.1 Å². The lowest BCUT2D eigenvalue weighted by molar-refractivity contribution is 0.0170. The standard InChI is InChI=1S/C21H23F2N3O/c22-18-3-4-19(23)17(12-18)14-25-10-1-2-16-13-26(11-7-20(16)25)21(27)15-5-8-24-9-6-15/h3-6,8-9,12,16,20H,1-2,7,10-11,13-14H2/t16-,20-/m1/s1. The number of carbonyl (C=O) groups excluding carboxylic acids is 1. The summed E-state index contributed by atoms with van der Waals surface area (Å²) in [5.41, 5.74) is 1.07. The van der Waals surface area contributed by atoms with Gasteiger partial charge in [-0.3, -0.25) is 14.7 Å². The number of rotatable bonds is 3. The number of benzene rings is 1. The highest BCUT2D eigenvalue weighted by molar-refractivity contribution is 5.94. The van der Waals surface area contributed by atoms with Crippen LogP contribution in [0.2, 0.25) is 0 Å². The molecule has 3 heterocycles. The lowest BCUT2D eigenvalue weighted by Gasteiger charge is -2.47. The molecule has 27 heavy (non-hydrogen) atoms. The summed E-state index contributed by atoms with van der Waals surface area (Å²) in [5, 5.41) is 0. The van der Waals surface area contributed by atoms with Crippen molar-refractivity contribution in [2.24, 2.45) is 5.92 Å². The Morgan fingerprint density at radius 2 is 1.93 bits per heavy atom. The first kappa shape index (κ1) is 18.0. The number of halogens is 2. The quantitative estimate of drug-likeness (QED) is 0.829. The molecule has 4 nitrogen and oxygen atoms in total. The van der Waals surface area contributed by atoms with Crippen LogP contribution in [0.5, 0.6) is 0 Å². The molecule has 0 N–H and O–H groups in total. The van der Waals surface area contributed by atoms with Crippen LogP contribution >= 0.6 is 0 Å². The van der Waals surface area contributed by atoms with E-state index in [0.717, 1.165) is 31.9 Å². The van der Waals surface area contributed by atoms with Crippen molar-refractivity contribution in [3.8, 4) is 0 Å². The van der Waals surface area contributed by atoms with Crippen molar-refractivity contribution in [1.29, 1.82) is 0 Å². The van der Waals surface area contributed by atoms with Gasteiger partial charge in [-0.1, -0.05) is 0 Å². The highest BCUT2D eigenvalue weighted by atomic mass is 19.1. The number of aromatic nitrogens is 1. The van der Waals surface area contributed by atoms with Gasteiger partial charge in [0.25, 0.3) is 5.91 Å². The average molecular weight is 371 g/mol. The van der Waals surface area contributed by atoms with Gasteiger partial charge in [0.2, 0.25) is 0 Å². The molecule has 142 valence electrons. The summed E-state index contributed by atoms with van der Waals surface area (Å²) in [6, 6.07) is 7.44. The number of nitrogens with zero attached hydrogens (tertiary/aromatic N) is 3. The molecular weight excluding hydrogens is 348 g/mol. The van der Waals surface area contributed by atoms with E-state index in [-0.39, 0.29) is 11.7 Å². The lowest BCUT2D eigenvalue weighted by atomic mass is 9.83. The number of pyridine rings is 1. The maximum Gasteiger partial charge on any atom is 0.253 e. The van der Waals surface area contributed by atoms with Crippen molar-refractivity contribution >= 4 is 5.91 Å². The van der Waals surface area contributed by atoms with Crippen LogP contribution in [0, 0.1) is 17.6 Å². The molecule has 2 atom stereocenters. The number of hydrogen-bond donors (Lipinski definition) is 0. The second-order valence-corrected chi connectivity index (χ2v) is 7.45. The molecule has 0 radical (unpaired) electrons. The van der Waals surface area contributed by atoms with Crippen LogP contribution in [0.1, 0.15) is 35.2 Å². The molecule has 2 fully saturated rings. The predicted octanol–water partition coefficient (Wildman–Crippen LogP) is 3.49. The summed E-state index contributed by atoms with van der Waals surface area (Å²) in [5.74, 6) is -0.347. The average Bonchev–Trinajstić information content (AvgIpc) is 2.70. The molecule has 2 aliphatic rings. The minimum absolute atomic E-state index is 0.0455. The van der Waals surface area contributed by atoms with Gasteiger partial charge in [0.1, 0.15) is 11.6 Å². The van der Waals surface area contributed by atoms with E-state index in [4.69, 9.17) is 0 Å². The second kappa shape index (κ2) is 7.72. The second-order valence-electron chi connectivity index (χ2n) is 7.45. The van der Waals surface area contributed by atoms with E-state index in [0.29, 0.717) is 42.7 Å². The fraction of sp³-hybridized carbons (Fsp3) is 0.429. The Balaban J connectivity index is 1.45. The van der Waals surface area contributed by atoms with E-state index < -0.39 is 5.82 Å². The van der Waals surface area contributed by atoms with Crippen LogP contribution in [0.25, 0.3) is 0 Å². The van der Waals surface area contributed by atoms with Gasteiger partial charge in [-0.05, 0) is 62.1 Å². The molecule has 2 aromatic rings. The van der Waals surface area contributed by atoms with Crippen LogP contribution in [0.15, 0.2) is 42.7 Å². The highest BCUT2D eigenvalue weighted by Gasteiger charge is 2.37. The van der Waals surface area contributed by atoms with Gasteiger partial charge in [-0.25, -0.2) is 8.78 Å². The van der Waals surface area contributed by atoms with Gasteiger partial charge in [-0.15, -0.1) is 0 Å². The minimum Gasteiger partial charge on any atom is -0.338 e. The number of piperidine rings is 2. The van der Waals surface area contributed by atoms with Crippen molar-refractivity contribution in [2.45, 2.75) is 31.8 Å². The molecule has 1 aromatic carbocycles. The van der Waals surface area contributed by atoms with Crippen LogP contribution < -0.4 is 0 Å². The Morgan fingerprint density at radius 3 is 2.74 bits per heavy atom. The van der Waals surface area contributed by atoms with Crippen molar-refractivity contribution in [1.82, 2.24) is 14.8 Å². The molecule has 1 aromatic heterocycles. The van der Waals surface area contributed by atoms with Crippen LogP contribution in [0.4, 0.5) is 8.78 Å². The summed E-state index contributed by atoms with van der Waals surface area (Å²) in [6.45, 7) is 2.71. The van der Waals surface area contributed by atoms with Gasteiger partial charge < -0.3 is 4.90 Å². The fourth-order valence-electron chi connectivity index (χ4n) is 4.45. The van der Waals surface area contributed by atoms with E-state index in [1.54, 1.807) is 24.5 Å². The van der Waals surface area contributed by atoms with Gasteiger partial charge in [0.05, 0.1) is 0 Å². The third kappa shape index (κ3) is 3.86. The van der Waals surface area contributed by atoms with Gasteiger partial charge in [0, 0.05) is 49.2 Å². The number of amides is 1. The maximum atomic E-state index is 14.1. The smallest absolute Gasteiger partial charge is 0.253 e. The molecular formula is C21H23F2N3O. The van der Waals surface area contributed by atoms with Crippen LogP contribution in [0.3, 0.4) is 0 Å². The largest absolute Gasteiger partial charge is 0.338 e. The van der Waals surface area contributed by atoms with Gasteiger partial charge in [-0.2, -0.15) is 0 Å². The summed E-state index contributed by atoms with van der Waals surface area (Å²) in [4.78, 5) is 20.9. The topological polar surface area (TPSA) is 36.4 Å². The predicted molar refractivity (Wildman–Crippen MR) is 98.0 cm³/mol. The monoisotopic (exact) mass is 371 g/mol. The van der Waals surface area contributed by atoms with E-state index >= 15 is 0 Å². The molecule has 0 unspecified atom stereocenters. The number of carbonyl (C=O) groups is 1. The van der Waals surface area contributed by atoms with Crippen LogP contribution in [-0.4, -0.2) is 46.4 Å². The summed E-state index contributed by atoms with van der Waals surface area (Å²) >= 11 is 0. The fourth-order valence-corrected chi connectivity index (χ4v) is 4.45. The van der Waals surface area contributed by atoms with E-state index in [1.807, 2.05) is 4.90 Å². The molecule has 0 saturated carbocycles. The molecule has 0 bridgehead atoms. The Labute approximate surface area is 157 Å². The first-order valence-electron chi connectivity index (χ1n) is 9.49. The number of likely N-dealkylation sites (tertiary alicyclic amines) is 2. The summed E-state index contributed by atoms with van der Waals surface area (Å²) in [7, 11) is 0. The third-order valence-electron chi connectivity index (χ3n) is 5.78. The Kier molecular flexibility index (Phi) is 5.16. The molecule has 4 rings (SSSR count). The van der Waals surface area contributed by atoms with Gasteiger partial charge in [0.15, 0.2) is 0 Å². The Morgan fingerprint density at radius 1 is 1.11 bits per heavy atom. The first-order chi connectivity index (χ1) is 13.1. The molecule has 0 spiro atoms. The van der Waals surface area contributed by atoms with Crippen LogP contribution in [-0.2, 0) is 6.54 Å². The van der Waals surface area contributed by atoms with Crippen molar-refractivity contribution in [2.75, 3.05) is 19.6 Å². The summed E-state index contributed by atoms with van der Waals surface area (Å²) in [6.07, 6.45) is 6.20. The zero-order valence-electron chi connectivity index (χ0n) is 15.2. The third-order valence-corrected chi connectivity index (χ3v) is 5.78. The lowest BCUT2D eigenvalue weighted by Crippen LogP contribution is -2.54. The zero-order valence-corrected chi connectivity index (χ0v) is 15.2. The Hall–Kier alpha value is -2.34. The van der Waals surface area contributed by atoms with Gasteiger partial charge >= 0.3 is 0 Å². The van der Waals surface area contributed by atoms with E-state index in [9.17, 15) is 13.6 Å². The normalized spacial score (nSPS) is 23.1. The zero-order chi connectivity index (χ0) is 18.8. The first-order valence-corrected chi connectivity index (χ1v) is 9.49. The summed E-state index contributed by atoms with van der Waals surface area (Å²) < 4.78 is 27.6. The molecule has 2 saturated heterocycles. The molecule has 2 aliphatic heterocycles. The molecule has 0 aliphatic carbocycles. The SMILES string of the molecule is O=C(c1ccncc1)N1CC[C@@H]2[C@H](CCCN2Cc2cc(F)ccc2F)C1. The molecule has 6 heteroatoms. The number of fused-ring (bicyclic) bond motifs is 1. The van der Waals surface area contributed by atoms with Crippen molar-refractivity contribution in [3.63, 3.8) is 0 Å². The van der Waals surface area contributed by atoms with Crippen molar-refractivity contribution in [3.05, 3.63) is 65.5 Å². The highest BCUT2D eigenvalue weighted by Crippen LogP contribution is 2.32.